The second kappa shape index (κ2) is 6.72. The highest BCUT2D eigenvalue weighted by Crippen LogP contribution is 2.20. The predicted octanol–water partition coefficient (Wildman–Crippen LogP) is 4.35. The molecule has 3 rings (SSSR count). The van der Waals surface area contributed by atoms with Crippen LogP contribution >= 0.6 is 11.6 Å². The van der Waals surface area contributed by atoms with Gasteiger partial charge in [-0.2, -0.15) is 0 Å². The molecule has 0 unspecified atom stereocenters. The molecule has 0 spiro atoms. The molecule has 2 aromatic carbocycles. The third-order valence-corrected chi connectivity index (χ3v) is 3.76. The first-order valence-electron chi connectivity index (χ1n) is 7.17. The number of hydrogen-bond donors (Lipinski definition) is 0. The van der Waals surface area contributed by atoms with E-state index in [1.54, 1.807) is 48.5 Å². The fourth-order valence-electron chi connectivity index (χ4n) is 2.23. The van der Waals surface area contributed by atoms with Crippen LogP contribution in [0, 0.1) is 0 Å². The summed E-state index contributed by atoms with van der Waals surface area (Å²) in [7, 11) is 1.53. The van der Waals surface area contributed by atoms with Gasteiger partial charge in [0.05, 0.1) is 7.11 Å². The summed E-state index contributed by atoms with van der Waals surface area (Å²) < 4.78 is 10.3. The molecule has 0 saturated carbocycles. The van der Waals surface area contributed by atoms with E-state index in [2.05, 4.69) is 0 Å². The summed E-state index contributed by atoms with van der Waals surface area (Å²) in [6.45, 7) is 0. The largest absolute Gasteiger partial charge is 0.497 e. The van der Waals surface area contributed by atoms with Crippen LogP contribution in [0.3, 0.4) is 0 Å². The van der Waals surface area contributed by atoms with Crippen molar-refractivity contribution in [2.45, 2.75) is 0 Å². The van der Waals surface area contributed by atoms with Crippen LogP contribution < -0.4 is 10.4 Å². The number of ether oxygens (including phenoxy) is 1. The van der Waals surface area contributed by atoms with Gasteiger partial charge >= 0.3 is 5.63 Å². The van der Waals surface area contributed by atoms with Crippen molar-refractivity contribution in [2.75, 3.05) is 7.11 Å². The van der Waals surface area contributed by atoms with Gasteiger partial charge in [0.2, 0.25) is 0 Å². The molecule has 0 N–H and O–H groups in total. The van der Waals surface area contributed by atoms with Crippen molar-refractivity contribution in [3.05, 3.63) is 81.2 Å². The van der Waals surface area contributed by atoms with Gasteiger partial charge in [0.25, 0.3) is 0 Å². The number of allylic oxidation sites excluding steroid dienone is 1. The zero-order valence-electron chi connectivity index (χ0n) is 12.8. The first kappa shape index (κ1) is 16.0. The van der Waals surface area contributed by atoms with Crippen LogP contribution in [0.25, 0.3) is 17.0 Å². The lowest BCUT2D eigenvalue weighted by molar-refractivity contribution is 0.104. The van der Waals surface area contributed by atoms with Gasteiger partial charge in [0.1, 0.15) is 16.9 Å². The Labute approximate surface area is 142 Å². The molecule has 120 valence electrons. The number of methoxy groups -OCH3 is 1. The highest BCUT2D eigenvalue weighted by atomic mass is 35.5. The minimum Gasteiger partial charge on any atom is -0.497 e. The number of ketones is 1. The van der Waals surface area contributed by atoms with Crippen LogP contribution in [0.15, 0.2) is 63.8 Å². The summed E-state index contributed by atoms with van der Waals surface area (Å²) in [5, 5.41) is 1.27. The average Bonchev–Trinajstić information content (AvgIpc) is 2.59. The Morgan fingerprint density at radius 1 is 1.12 bits per heavy atom. The van der Waals surface area contributed by atoms with Gasteiger partial charge in [0.15, 0.2) is 5.78 Å². The summed E-state index contributed by atoms with van der Waals surface area (Å²) in [5.41, 5.74) is 0.486. The second-order valence-corrected chi connectivity index (χ2v) is 5.54. The lowest BCUT2D eigenvalue weighted by Gasteiger charge is -2.02. The third kappa shape index (κ3) is 3.39. The fourth-order valence-corrected chi connectivity index (χ4v) is 2.35. The Kier molecular flexibility index (Phi) is 4.49. The maximum Gasteiger partial charge on any atom is 0.347 e. The van der Waals surface area contributed by atoms with Gasteiger partial charge in [-0.1, -0.05) is 29.8 Å². The van der Waals surface area contributed by atoms with Crippen molar-refractivity contribution in [1.82, 2.24) is 0 Å². The molecule has 0 radical (unpaired) electrons. The molecule has 1 aromatic heterocycles. The quantitative estimate of drug-likeness (QED) is 0.402. The third-order valence-electron chi connectivity index (χ3n) is 3.51. The van der Waals surface area contributed by atoms with Gasteiger partial charge in [-0.3, -0.25) is 4.79 Å². The Hall–Kier alpha value is -2.85. The van der Waals surface area contributed by atoms with Crippen LogP contribution in [0.1, 0.15) is 15.9 Å². The number of carbonyl (C=O) groups excluding carboxylic acids is 1. The van der Waals surface area contributed by atoms with Gasteiger partial charge in [-0.15, -0.1) is 0 Å². The number of hydrogen-bond acceptors (Lipinski definition) is 4. The second-order valence-electron chi connectivity index (χ2n) is 5.10. The van der Waals surface area contributed by atoms with Gasteiger partial charge in [-0.25, -0.2) is 4.79 Å². The Balaban J connectivity index is 1.93. The van der Waals surface area contributed by atoms with E-state index in [1.807, 2.05) is 0 Å². The molecule has 0 fully saturated rings. The molecule has 24 heavy (non-hydrogen) atoms. The topological polar surface area (TPSA) is 56.5 Å². The fraction of sp³-hybridized carbons (Fsp3) is 0.0526. The highest BCUT2D eigenvalue weighted by Gasteiger charge is 2.11. The summed E-state index contributed by atoms with van der Waals surface area (Å²) in [6.07, 6.45) is 2.96. The molecule has 0 aliphatic carbocycles. The van der Waals surface area contributed by atoms with Crippen molar-refractivity contribution < 1.29 is 13.9 Å². The molecule has 3 aromatic rings. The van der Waals surface area contributed by atoms with E-state index in [1.165, 1.54) is 19.3 Å². The van der Waals surface area contributed by atoms with Crippen LogP contribution in [0.2, 0.25) is 5.02 Å². The molecule has 0 saturated heterocycles. The molecule has 5 heteroatoms. The first-order valence-corrected chi connectivity index (χ1v) is 7.54. The number of carbonyl (C=O) groups is 1. The number of rotatable bonds is 4. The molecule has 0 amide bonds. The number of benzene rings is 2. The Bertz CT molecular complexity index is 984. The van der Waals surface area contributed by atoms with Crippen molar-refractivity contribution in [3.63, 3.8) is 0 Å². The number of halogens is 1. The van der Waals surface area contributed by atoms with Gasteiger partial charge in [-0.05, 0) is 42.0 Å². The van der Waals surface area contributed by atoms with Crippen LogP contribution in [-0.2, 0) is 0 Å². The molecule has 0 bridgehead atoms. The van der Waals surface area contributed by atoms with E-state index >= 15 is 0 Å². The normalized spacial score (nSPS) is 11.1. The zero-order valence-corrected chi connectivity index (χ0v) is 13.5. The van der Waals surface area contributed by atoms with E-state index in [0.29, 0.717) is 21.7 Å². The summed E-state index contributed by atoms with van der Waals surface area (Å²) in [5.74, 6) is 0.156. The molecule has 0 atom stereocenters. The molecule has 0 aliphatic heterocycles. The monoisotopic (exact) mass is 340 g/mol. The zero-order chi connectivity index (χ0) is 17.1. The van der Waals surface area contributed by atoms with Crippen molar-refractivity contribution in [2.24, 2.45) is 0 Å². The maximum absolute atomic E-state index is 12.3. The first-order chi connectivity index (χ1) is 11.6. The van der Waals surface area contributed by atoms with E-state index < -0.39 is 11.4 Å². The summed E-state index contributed by atoms with van der Waals surface area (Å²) >= 11 is 5.81. The van der Waals surface area contributed by atoms with E-state index in [9.17, 15) is 9.59 Å². The SMILES string of the molecule is COc1ccc2cc(C(=O)C=Cc3ccc(Cl)cc3)c(=O)oc2c1. The average molecular weight is 341 g/mol. The van der Waals surface area contributed by atoms with Crippen molar-refractivity contribution >= 4 is 34.4 Å². The lowest BCUT2D eigenvalue weighted by atomic mass is 10.1. The maximum atomic E-state index is 12.3. The van der Waals surface area contributed by atoms with Crippen LogP contribution in [0.4, 0.5) is 0 Å². The summed E-state index contributed by atoms with van der Waals surface area (Å²) in [6, 6.07) is 13.6. The van der Waals surface area contributed by atoms with Crippen molar-refractivity contribution in [3.8, 4) is 5.75 Å². The molecule has 1 heterocycles. The van der Waals surface area contributed by atoms with Gasteiger partial charge < -0.3 is 9.15 Å². The highest BCUT2D eigenvalue weighted by molar-refractivity contribution is 6.30. The molecular formula is C19H13ClO4. The molecule has 0 aliphatic rings. The van der Waals surface area contributed by atoms with E-state index in [-0.39, 0.29) is 5.56 Å². The minimum atomic E-state index is -0.679. The Morgan fingerprint density at radius 2 is 1.88 bits per heavy atom. The Morgan fingerprint density at radius 3 is 2.58 bits per heavy atom. The van der Waals surface area contributed by atoms with Crippen LogP contribution in [-0.4, -0.2) is 12.9 Å². The van der Waals surface area contributed by atoms with Crippen molar-refractivity contribution in [1.29, 1.82) is 0 Å². The van der Waals surface area contributed by atoms with Crippen LogP contribution in [0.5, 0.6) is 5.75 Å². The number of fused-ring (bicyclic) bond motifs is 1. The smallest absolute Gasteiger partial charge is 0.347 e. The molecular weight excluding hydrogens is 328 g/mol. The van der Waals surface area contributed by atoms with Gasteiger partial charge in [0, 0.05) is 16.5 Å². The lowest BCUT2D eigenvalue weighted by Crippen LogP contribution is -2.11. The summed E-state index contributed by atoms with van der Waals surface area (Å²) in [4.78, 5) is 24.3. The standard InChI is InChI=1S/C19H13ClO4/c1-23-15-8-5-13-10-16(19(22)24-18(13)11-15)17(21)9-4-12-2-6-14(20)7-3-12/h2-11H,1H3. The minimum absolute atomic E-state index is 0.0159. The van der Waals surface area contributed by atoms with E-state index in [4.69, 9.17) is 20.8 Å². The molecule has 4 nitrogen and oxygen atoms in total. The van der Waals surface area contributed by atoms with E-state index in [0.717, 1.165) is 5.56 Å². The predicted molar refractivity (Wildman–Crippen MR) is 93.9 cm³/mol.